The number of nitrogens with one attached hydrogen (secondary N) is 1. The molecule has 9 heteroatoms. The van der Waals surface area contributed by atoms with E-state index in [1.54, 1.807) is 0 Å². The molecule has 1 aromatic heterocycles. The summed E-state index contributed by atoms with van der Waals surface area (Å²) in [6, 6.07) is 0.742. The van der Waals surface area contributed by atoms with Crippen molar-refractivity contribution in [1.82, 2.24) is 29.9 Å². The Morgan fingerprint density at radius 2 is 1.71 bits per heavy atom. The second kappa shape index (κ2) is 11.1. The van der Waals surface area contributed by atoms with Gasteiger partial charge in [-0.15, -0.1) is 35.0 Å². The number of rotatable bonds is 4. The number of likely N-dealkylation sites (tertiary alicyclic amines) is 2. The third kappa shape index (κ3) is 5.58. The number of hydrogen-bond acceptors (Lipinski definition) is 6. The number of aliphatic hydroxyl groups is 1. The summed E-state index contributed by atoms with van der Waals surface area (Å²) in [5.41, 5.74) is 0. The molecule has 7 nitrogen and oxygen atoms in total. The van der Waals surface area contributed by atoms with E-state index in [1.807, 2.05) is 0 Å². The molecule has 0 aliphatic carbocycles. The summed E-state index contributed by atoms with van der Waals surface area (Å²) < 4.78 is 2.24. The Hall–Kier alpha value is -0.440. The average Bonchev–Trinajstić information content (AvgIpc) is 3.05. The van der Waals surface area contributed by atoms with Crippen LogP contribution in [0.1, 0.15) is 56.1 Å². The van der Waals surface area contributed by atoms with Crippen LogP contribution in [0.3, 0.4) is 0 Å². The van der Waals surface area contributed by atoms with Gasteiger partial charge in [0.1, 0.15) is 11.6 Å². The van der Waals surface area contributed by atoms with Gasteiger partial charge in [0.25, 0.3) is 0 Å². The molecular weight excluding hydrogens is 399 g/mol. The smallest absolute Gasteiger partial charge is 0.146 e. The van der Waals surface area contributed by atoms with Crippen molar-refractivity contribution in [3.05, 3.63) is 11.6 Å². The largest absolute Gasteiger partial charge is 0.393 e. The highest BCUT2D eigenvalue weighted by Gasteiger charge is 2.30. The molecule has 3 aliphatic heterocycles. The standard InChI is InChI=1S/C19H34N6O.2ClH/c1-23-18(14-24-11-6-17(26)7-12-24)21-22-19(23)15-3-2-10-25(13-15)16-4-8-20-9-5-16;;/h15-17,20,26H,2-14H2,1H3;2*1H. The summed E-state index contributed by atoms with van der Waals surface area (Å²) in [5.74, 6) is 2.74. The fourth-order valence-electron chi connectivity index (χ4n) is 4.87. The Morgan fingerprint density at radius 1 is 1.00 bits per heavy atom. The minimum Gasteiger partial charge on any atom is -0.393 e. The molecule has 0 radical (unpaired) electrons. The molecule has 0 spiro atoms. The predicted molar refractivity (Wildman–Crippen MR) is 115 cm³/mol. The average molecular weight is 435 g/mol. The van der Waals surface area contributed by atoms with Gasteiger partial charge in [0, 0.05) is 38.6 Å². The van der Waals surface area contributed by atoms with Crippen LogP contribution >= 0.6 is 24.8 Å². The summed E-state index contributed by atoms with van der Waals surface area (Å²) in [4.78, 5) is 5.10. The quantitative estimate of drug-likeness (QED) is 0.748. The van der Waals surface area contributed by atoms with Crippen LogP contribution in [-0.2, 0) is 13.6 Å². The van der Waals surface area contributed by atoms with Crippen LogP contribution in [0.4, 0.5) is 0 Å². The van der Waals surface area contributed by atoms with Crippen LogP contribution in [0.2, 0.25) is 0 Å². The Morgan fingerprint density at radius 3 is 2.43 bits per heavy atom. The van der Waals surface area contributed by atoms with Gasteiger partial charge in [-0.1, -0.05) is 0 Å². The van der Waals surface area contributed by atoms with Gasteiger partial charge < -0.3 is 15.0 Å². The molecule has 0 bridgehead atoms. The minimum atomic E-state index is -0.121. The second-order valence-electron chi connectivity index (χ2n) is 8.36. The van der Waals surface area contributed by atoms with Crippen LogP contribution in [0.5, 0.6) is 0 Å². The van der Waals surface area contributed by atoms with Gasteiger partial charge in [0.15, 0.2) is 0 Å². The van der Waals surface area contributed by atoms with E-state index in [0.29, 0.717) is 5.92 Å². The summed E-state index contributed by atoms with van der Waals surface area (Å²) in [6.07, 6.45) is 6.67. The van der Waals surface area contributed by atoms with Crippen LogP contribution < -0.4 is 5.32 Å². The predicted octanol–water partition coefficient (Wildman–Crippen LogP) is 1.55. The van der Waals surface area contributed by atoms with Gasteiger partial charge in [-0.2, -0.15) is 0 Å². The molecule has 3 saturated heterocycles. The molecule has 0 aromatic carbocycles. The van der Waals surface area contributed by atoms with Crippen molar-refractivity contribution in [3.63, 3.8) is 0 Å². The Balaban J connectivity index is 0.00000140. The van der Waals surface area contributed by atoms with E-state index in [0.717, 1.165) is 69.8 Å². The van der Waals surface area contributed by atoms with E-state index in [-0.39, 0.29) is 30.9 Å². The topological polar surface area (TPSA) is 69.5 Å². The van der Waals surface area contributed by atoms with Crippen LogP contribution in [0.25, 0.3) is 0 Å². The lowest BCUT2D eigenvalue weighted by molar-refractivity contribution is 0.0775. The van der Waals surface area contributed by atoms with Crippen molar-refractivity contribution in [1.29, 1.82) is 0 Å². The third-order valence-corrected chi connectivity index (χ3v) is 6.56. The highest BCUT2D eigenvalue weighted by molar-refractivity contribution is 5.85. The molecule has 3 aliphatic rings. The van der Waals surface area contributed by atoms with Gasteiger partial charge in [-0.05, 0) is 58.2 Å². The lowest BCUT2D eigenvalue weighted by Gasteiger charge is -2.39. The lowest BCUT2D eigenvalue weighted by Crippen LogP contribution is -2.47. The normalized spacial score (nSPS) is 25.9. The summed E-state index contributed by atoms with van der Waals surface area (Å²) in [6.45, 7) is 7.44. The lowest BCUT2D eigenvalue weighted by atomic mass is 9.93. The van der Waals surface area contributed by atoms with E-state index >= 15 is 0 Å². The molecule has 1 atom stereocenters. The van der Waals surface area contributed by atoms with Crippen molar-refractivity contribution in [2.75, 3.05) is 39.3 Å². The fraction of sp³-hybridized carbons (Fsp3) is 0.895. The maximum Gasteiger partial charge on any atom is 0.146 e. The first-order valence-electron chi connectivity index (χ1n) is 10.4. The molecule has 2 N–H and O–H groups in total. The summed E-state index contributed by atoms with van der Waals surface area (Å²) in [7, 11) is 2.13. The van der Waals surface area contributed by atoms with Gasteiger partial charge in [0.2, 0.25) is 0 Å². The maximum absolute atomic E-state index is 9.69. The zero-order valence-corrected chi connectivity index (χ0v) is 18.6. The van der Waals surface area contributed by atoms with Crippen molar-refractivity contribution in [2.45, 2.75) is 63.1 Å². The van der Waals surface area contributed by atoms with Crippen molar-refractivity contribution in [3.8, 4) is 0 Å². The first kappa shape index (κ1) is 23.8. The Labute approximate surface area is 181 Å². The van der Waals surface area contributed by atoms with E-state index in [9.17, 15) is 5.11 Å². The van der Waals surface area contributed by atoms with E-state index in [1.165, 1.54) is 32.2 Å². The number of nitrogens with zero attached hydrogens (tertiary/aromatic N) is 5. The fourth-order valence-corrected chi connectivity index (χ4v) is 4.87. The van der Waals surface area contributed by atoms with Crippen LogP contribution in [-0.4, -0.2) is 81.1 Å². The molecule has 28 heavy (non-hydrogen) atoms. The zero-order valence-electron chi connectivity index (χ0n) is 16.9. The van der Waals surface area contributed by atoms with Crippen molar-refractivity contribution in [2.24, 2.45) is 7.05 Å². The SMILES string of the molecule is Cl.Cl.Cn1c(CN2CCC(O)CC2)nnc1C1CCCN(C2CCNCC2)C1. The first-order chi connectivity index (χ1) is 12.7. The summed E-state index contributed by atoms with van der Waals surface area (Å²) >= 11 is 0. The van der Waals surface area contributed by atoms with Gasteiger partial charge in [-0.3, -0.25) is 9.80 Å². The molecule has 0 amide bonds. The number of aromatic nitrogens is 3. The molecule has 4 rings (SSSR count). The number of hydrogen-bond donors (Lipinski definition) is 2. The van der Waals surface area contributed by atoms with Gasteiger partial charge >= 0.3 is 0 Å². The summed E-state index contributed by atoms with van der Waals surface area (Å²) in [5, 5.41) is 22.3. The molecule has 1 aromatic rings. The molecule has 1 unspecified atom stereocenters. The van der Waals surface area contributed by atoms with Gasteiger partial charge in [-0.25, -0.2) is 0 Å². The van der Waals surface area contributed by atoms with E-state index < -0.39 is 0 Å². The number of piperidine rings is 3. The van der Waals surface area contributed by atoms with Crippen LogP contribution in [0, 0.1) is 0 Å². The van der Waals surface area contributed by atoms with Gasteiger partial charge in [0.05, 0.1) is 12.6 Å². The van der Waals surface area contributed by atoms with Crippen LogP contribution in [0.15, 0.2) is 0 Å². The molecule has 162 valence electrons. The third-order valence-electron chi connectivity index (χ3n) is 6.56. The van der Waals surface area contributed by atoms with E-state index in [2.05, 4.69) is 36.9 Å². The molecule has 0 saturated carbocycles. The molecular formula is C19H36Cl2N6O. The molecule has 3 fully saturated rings. The number of halogens is 2. The first-order valence-corrected chi connectivity index (χ1v) is 10.4. The highest BCUT2D eigenvalue weighted by atomic mass is 35.5. The van der Waals surface area contributed by atoms with E-state index in [4.69, 9.17) is 0 Å². The maximum atomic E-state index is 9.69. The highest BCUT2D eigenvalue weighted by Crippen LogP contribution is 2.29. The molecule has 4 heterocycles. The Kier molecular flexibility index (Phi) is 9.44. The Bertz CT molecular complexity index is 587. The number of aliphatic hydroxyl groups excluding tert-OH is 1. The second-order valence-corrected chi connectivity index (χ2v) is 8.36. The van der Waals surface area contributed by atoms with Crippen molar-refractivity contribution < 1.29 is 5.11 Å². The minimum absolute atomic E-state index is 0. The zero-order chi connectivity index (χ0) is 17.9. The monoisotopic (exact) mass is 434 g/mol. The van der Waals surface area contributed by atoms with Crippen molar-refractivity contribution >= 4 is 24.8 Å².